The number of hydrogen-bond donors (Lipinski definition) is 2. The predicted octanol–water partition coefficient (Wildman–Crippen LogP) is 8.04. The molecule has 0 aliphatic carbocycles. The topological polar surface area (TPSA) is 115 Å². The number of benzene rings is 4. The molecule has 270 valence electrons. The Bertz CT molecular complexity index is 1810. The van der Waals surface area contributed by atoms with Crippen molar-refractivity contribution in [2.45, 2.75) is 25.4 Å². The lowest BCUT2D eigenvalue weighted by molar-refractivity contribution is 0.0935. The maximum Gasteiger partial charge on any atom is 0.255 e. The molecule has 0 aromatic heterocycles. The second-order valence-corrected chi connectivity index (χ2v) is 11.9. The van der Waals surface area contributed by atoms with Crippen LogP contribution in [-0.4, -0.2) is 61.8 Å². The highest BCUT2D eigenvalue weighted by Crippen LogP contribution is 2.41. The zero-order valence-electron chi connectivity index (χ0n) is 29.6. The maximum absolute atomic E-state index is 12.7. The molecule has 51 heavy (non-hydrogen) atoms. The first kappa shape index (κ1) is 36.9. The molecule has 11 nitrogen and oxygen atoms in total. The Kier molecular flexibility index (Phi) is 12.6. The summed E-state index contributed by atoms with van der Waals surface area (Å²) in [4.78, 5) is 12.7. The van der Waals surface area contributed by atoms with Gasteiger partial charge in [0, 0.05) is 10.7 Å². The molecule has 0 bridgehead atoms. The molecule has 0 saturated carbocycles. The van der Waals surface area contributed by atoms with Crippen molar-refractivity contribution in [3.63, 3.8) is 0 Å². The SMILES string of the molecule is COc1cc(C2NC(=O)c3cc(Cl)ccc3N2)ccc1OCCCCCOc1c(OC)cc(C=Cc2cc(OC)c(OC)c(OC)c2)cc1OC. The number of rotatable bonds is 17. The summed E-state index contributed by atoms with van der Waals surface area (Å²) >= 11 is 6.06. The molecule has 1 heterocycles. The fourth-order valence-corrected chi connectivity index (χ4v) is 5.82. The molecule has 0 radical (unpaired) electrons. The Morgan fingerprint density at radius 3 is 1.73 bits per heavy atom. The zero-order valence-corrected chi connectivity index (χ0v) is 30.3. The molecular weight excluding hydrogens is 676 g/mol. The van der Waals surface area contributed by atoms with Gasteiger partial charge in [0.05, 0.1) is 61.4 Å². The van der Waals surface area contributed by atoms with Crippen molar-refractivity contribution < 1.29 is 42.7 Å². The van der Waals surface area contributed by atoms with E-state index in [2.05, 4.69) is 10.6 Å². The first-order valence-corrected chi connectivity index (χ1v) is 16.7. The van der Waals surface area contributed by atoms with E-state index in [0.29, 0.717) is 75.5 Å². The number of anilines is 1. The minimum Gasteiger partial charge on any atom is -0.493 e. The molecule has 0 fully saturated rings. The molecule has 2 N–H and O–H groups in total. The number of halogens is 1. The molecule has 12 heteroatoms. The molecule has 1 aliphatic heterocycles. The van der Waals surface area contributed by atoms with E-state index in [1.165, 1.54) is 0 Å². The van der Waals surface area contributed by atoms with Crippen LogP contribution in [0.15, 0.2) is 60.7 Å². The van der Waals surface area contributed by atoms with Gasteiger partial charge in [-0.05, 0) is 90.6 Å². The Hall–Kier alpha value is -5.42. The van der Waals surface area contributed by atoms with Crippen LogP contribution in [0.5, 0.6) is 46.0 Å². The van der Waals surface area contributed by atoms with Crippen LogP contribution in [-0.2, 0) is 0 Å². The van der Waals surface area contributed by atoms with Crippen molar-refractivity contribution in [3.05, 3.63) is 87.9 Å². The van der Waals surface area contributed by atoms with Gasteiger partial charge in [-0.1, -0.05) is 29.8 Å². The van der Waals surface area contributed by atoms with Crippen LogP contribution in [0.2, 0.25) is 5.02 Å². The number of methoxy groups -OCH3 is 6. The lowest BCUT2D eigenvalue weighted by atomic mass is 10.1. The van der Waals surface area contributed by atoms with E-state index in [1.807, 2.05) is 54.6 Å². The van der Waals surface area contributed by atoms with Crippen molar-refractivity contribution in [1.29, 1.82) is 0 Å². The van der Waals surface area contributed by atoms with Gasteiger partial charge in [-0.2, -0.15) is 0 Å². The highest BCUT2D eigenvalue weighted by molar-refractivity contribution is 6.31. The summed E-state index contributed by atoms with van der Waals surface area (Å²) < 4.78 is 45.5. The highest BCUT2D eigenvalue weighted by atomic mass is 35.5. The molecule has 0 spiro atoms. The Morgan fingerprint density at radius 2 is 1.16 bits per heavy atom. The highest BCUT2D eigenvalue weighted by Gasteiger charge is 2.25. The van der Waals surface area contributed by atoms with Crippen molar-refractivity contribution in [1.82, 2.24) is 5.32 Å². The molecule has 4 aromatic rings. The minimum absolute atomic E-state index is 0.199. The van der Waals surface area contributed by atoms with Crippen LogP contribution in [0, 0.1) is 0 Å². The minimum atomic E-state index is -0.423. The number of carbonyl (C=O) groups is 1. The number of ether oxygens (including phenoxy) is 8. The molecule has 1 atom stereocenters. The average Bonchev–Trinajstić information content (AvgIpc) is 3.16. The molecule has 1 unspecified atom stereocenters. The lowest BCUT2D eigenvalue weighted by Gasteiger charge is -2.28. The van der Waals surface area contributed by atoms with Gasteiger partial charge < -0.3 is 48.5 Å². The molecule has 5 rings (SSSR count). The second-order valence-electron chi connectivity index (χ2n) is 11.5. The summed E-state index contributed by atoms with van der Waals surface area (Å²) in [5.74, 6) is 4.35. The van der Waals surface area contributed by atoms with Crippen LogP contribution in [0.4, 0.5) is 5.69 Å². The van der Waals surface area contributed by atoms with Crippen LogP contribution >= 0.6 is 11.6 Å². The largest absolute Gasteiger partial charge is 0.493 e. The van der Waals surface area contributed by atoms with Crippen molar-refractivity contribution >= 4 is 35.3 Å². The van der Waals surface area contributed by atoms with Crippen LogP contribution < -0.4 is 48.5 Å². The normalized spacial score (nSPS) is 13.5. The Morgan fingerprint density at radius 1 is 0.588 bits per heavy atom. The Balaban J connectivity index is 1.12. The van der Waals surface area contributed by atoms with Gasteiger partial charge in [0.15, 0.2) is 34.5 Å². The number of unbranched alkanes of at least 4 members (excludes halogenated alkanes) is 2. The Labute approximate surface area is 303 Å². The van der Waals surface area contributed by atoms with E-state index in [0.717, 1.165) is 36.0 Å². The van der Waals surface area contributed by atoms with E-state index in [9.17, 15) is 4.79 Å². The third kappa shape index (κ3) is 8.85. The lowest BCUT2D eigenvalue weighted by Crippen LogP contribution is -2.38. The molecular formula is C39H43ClN2O9. The fourth-order valence-electron chi connectivity index (χ4n) is 5.65. The van der Waals surface area contributed by atoms with Gasteiger partial charge in [0.2, 0.25) is 11.5 Å². The van der Waals surface area contributed by atoms with E-state index in [4.69, 9.17) is 49.5 Å². The third-order valence-electron chi connectivity index (χ3n) is 8.25. The number of fused-ring (bicyclic) bond motifs is 1. The number of hydrogen-bond acceptors (Lipinski definition) is 10. The standard InChI is InChI=1S/C39H43ClN2O9/c1-44-31-22-26(38-41-29-14-13-27(40)23-28(29)39(43)42-38)12-15-30(31)50-16-8-7-9-17-51-37-34(47-4)20-25(21-35(37)48-5)11-10-24-18-32(45-2)36(49-6)33(19-24)46-3/h10-15,18-23,38,41H,7-9,16-17H2,1-6H3,(H,42,43). The van der Waals surface area contributed by atoms with Gasteiger partial charge in [0.25, 0.3) is 5.91 Å². The third-order valence-corrected chi connectivity index (χ3v) is 8.49. The van der Waals surface area contributed by atoms with Crippen LogP contribution in [0.25, 0.3) is 12.2 Å². The van der Waals surface area contributed by atoms with Crippen LogP contribution in [0.1, 0.15) is 52.5 Å². The first-order chi connectivity index (χ1) is 24.8. The van der Waals surface area contributed by atoms with E-state index in [-0.39, 0.29) is 5.91 Å². The predicted molar refractivity (Wildman–Crippen MR) is 198 cm³/mol. The fraction of sp³-hybridized carbons (Fsp3) is 0.308. The summed E-state index contributed by atoms with van der Waals surface area (Å²) in [5.41, 5.74) is 3.78. The van der Waals surface area contributed by atoms with Gasteiger partial charge >= 0.3 is 0 Å². The van der Waals surface area contributed by atoms with Gasteiger partial charge in [-0.3, -0.25) is 4.79 Å². The molecule has 4 aromatic carbocycles. The first-order valence-electron chi connectivity index (χ1n) is 16.4. The summed E-state index contributed by atoms with van der Waals surface area (Å²) in [6, 6.07) is 18.3. The van der Waals surface area contributed by atoms with Gasteiger partial charge in [-0.15, -0.1) is 0 Å². The van der Waals surface area contributed by atoms with Gasteiger partial charge in [0.1, 0.15) is 6.17 Å². The van der Waals surface area contributed by atoms with Crippen molar-refractivity contribution in [3.8, 4) is 46.0 Å². The monoisotopic (exact) mass is 718 g/mol. The quantitative estimate of drug-likeness (QED) is 0.0821. The van der Waals surface area contributed by atoms with E-state index in [1.54, 1.807) is 60.9 Å². The smallest absolute Gasteiger partial charge is 0.255 e. The molecule has 1 amide bonds. The molecule has 0 saturated heterocycles. The van der Waals surface area contributed by atoms with Crippen molar-refractivity contribution in [2.75, 3.05) is 61.2 Å². The summed E-state index contributed by atoms with van der Waals surface area (Å²) in [5, 5.41) is 6.80. The number of carbonyl (C=O) groups excluding carboxylic acids is 1. The number of amides is 1. The summed E-state index contributed by atoms with van der Waals surface area (Å²) in [6.45, 7) is 0.975. The zero-order chi connectivity index (χ0) is 36.3. The van der Waals surface area contributed by atoms with E-state index >= 15 is 0 Å². The maximum atomic E-state index is 12.7. The molecule has 1 aliphatic rings. The summed E-state index contributed by atoms with van der Waals surface area (Å²) in [7, 11) is 9.54. The summed E-state index contributed by atoms with van der Waals surface area (Å²) in [6.07, 6.45) is 5.95. The van der Waals surface area contributed by atoms with Gasteiger partial charge in [-0.25, -0.2) is 0 Å². The van der Waals surface area contributed by atoms with Crippen LogP contribution in [0.3, 0.4) is 0 Å². The second kappa shape index (κ2) is 17.5. The van der Waals surface area contributed by atoms with Crippen molar-refractivity contribution in [2.24, 2.45) is 0 Å². The van der Waals surface area contributed by atoms with E-state index < -0.39 is 6.17 Å². The number of nitrogens with one attached hydrogen (secondary N) is 2. The average molecular weight is 719 g/mol.